The molecule has 0 rings (SSSR count). The van der Waals surface area contributed by atoms with Gasteiger partial charge in [0.25, 0.3) is 0 Å². The highest BCUT2D eigenvalue weighted by Crippen LogP contribution is 1.99. The van der Waals surface area contributed by atoms with E-state index in [1.165, 1.54) is 6.29 Å². The second-order valence-corrected chi connectivity index (χ2v) is 2.26. The fourth-order valence-corrected chi connectivity index (χ4v) is 0.701. The van der Waals surface area contributed by atoms with E-state index >= 15 is 0 Å². The maximum atomic E-state index is 10.7. The molecule has 0 spiro atoms. The van der Waals surface area contributed by atoms with E-state index in [-0.39, 0.29) is 12.6 Å². The van der Waals surface area contributed by atoms with E-state index in [0.717, 1.165) is 19.3 Å². The predicted octanol–water partition coefficient (Wildman–Crippen LogP) is 1.22. The first kappa shape index (κ1) is 10.1. The molecule has 0 bridgehead atoms. The number of carbonyl (C=O) groups is 1. The number of hydrogen-bond donors (Lipinski definition) is 0. The van der Waals surface area contributed by atoms with Crippen molar-refractivity contribution in [2.24, 2.45) is 0 Å². The molecule has 0 aromatic heterocycles. The first-order chi connectivity index (χ1) is 5.31. The van der Waals surface area contributed by atoms with Gasteiger partial charge in [-0.25, -0.2) is 0 Å². The summed E-state index contributed by atoms with van der Waals surface area (Å²) in [5.74, 6) is -0.304. The maximum absolute atomic E-state index is 10.7. The summed E-state index contributed by atoms with van der Waals surface area (Å²) < 4.78 is 4.48. The Balaban J connectivity index is 3.15. The minimum Gasteiger partial charge on any atom is -0.457 e. The van der Waals surface area contributed by atoms with Gasteiger partial charge >= 0.3 is 5.97 Å². The van der Waals surface area contributed by atoms with Gasteiger partial charge in [0.05, 0.1) is 0 Å². The van der Waals surface area contributed by atoms with Crippen LogP contribution in [0.2, 0.25) is 0 Å². The van der Waals surface area contributed by atoms with Crippen molar-refractivity contribution in [3.63, 3.8) is 0 Å². The zero-order chi connectivity index (χ0) is 8.53. The lowest BCUT2D eigenvalue weighted by Crippen LogP contribution is -2.05. The van der Waals surface area contributed by atoms with Gasteiger partial charge in [0.1, 0.15) is 0 Å². The third kappa shape index (κ3) is 7.03. The van der Waals surface area contributed by atoms with Gasteiger partial charge in [-0.1, -0.05) is 19.8 Å². The number of carbonyl (C=O) groups excluding carboxylic acids is 2. The third-order valence-electron chi connectivity index (χ3n) is 1.28. The number of esters is 1. The number of hydrogen-bond acceptors (Lipinski definition) is 3. The molecule has 0 saturated heterocycles. The van der Waals surface area contributed by atoms with E-state index in [0.29, 0.717) is 6.42 Å². The van der Waals surface area contributed by atoms with E-state index < -0.39 is 0 Å². The lowest BCUT2D eigenvalue weighted by molar-refractivity contribution is -0.142. The molecule has 1 radical (unpaired) electrons. The molecular weight excluding hydrogens is 144 g/mol. The van der Waals surface area contributed by atoms with Crippen molar-refractivity contribution in [3.05, 3.63) is 0 Å². The Bertz CT molecular complexity index is 121. The lowest BCUT2D eigenvalue weighted by Gasteiger charge is -1.98. The average Bonchev–Trinajstić information content (AvgIpc) is 2.01. The quantitative estimate of drug-likeness (QED) is 0.430. The molecule has 3 heteroatoms. The molecule has 0 aromatic rings. The van der Waals surface area contributed by atoms with Gasteiger partial charge in [-0.05, 0) is 6.42 Å². The summed E-state index contributed by atoms with van der Waals surface area (Å²) in [6.07, 6.45) is 4.85. The molecule has 0 atom stereocenters. The molecule has 0 N–H and O–H groups in total. The molecule has 0 fully saturated rings. The Kier molecular flexibility index (Phi) is 6.68. The van der Waals surface area contributed by atoms with Crippen LogP contribution in [0.1, 0.15) is 32.6 Å². The molecule has 0 aliphatic rings. The van der Waals surface area contributed by atoms with Crippen molar-refractivity contribution in [1.29, 1.82) is 0 Å². The zero-order valence-corrected chi connectivity index (χ0v) is 6.76. The van der Waals surface area contributed by atoms with Crippen LogP contribution >= 0.6 is 0 Å². The fourth-order valence-electron chi connectivity index (χ4n) is 0.701. The van der Waals surface area contributed by atoms with E-state index in [1.54, 1.807) is 0 Å². The predicted molar refractivity (Wildman–Crippen MR) is 40.8 cm³/mol. The zero-order valence-electron chi connectivity index (χ0n) is 6.76. The van der Waals surface area contributed by atoms with Crippen LogP contribution in [0.15, 0.2) is 0 Å². The Morgan fingerprint density at radius 2 is 2.18 bits per heavy atom. The molecular formula is C8H13O3. The number of unbranched alkanes of at least 4 members (excludes halogenated alkanes) is 2. The van der Waals surface area contributed by atoms with Crippen LogP contribution in [0.25, 0.3) is 0 Å². The molecule has 0 aliphatic heterocycles. The fraction of sp³-hybridized carbons (Fsp3) is 0.750. The summed E-state index contributed by atoms with van der Waals surface area (Å²) in [5, 5.41) is 0. The van der Waals surface area contributed by atoms with Crippen LogP contribution < -0.4 is 0 Å². The van der Waals surface area contributed by atoms with E-state index in [4.69, 9.17) is 0 Å². The molecule has 0 heterocycles. The minimum absolute atomic E-state index is 0.231. The molecule has 3 nitrogen and oxygen atoms in total. The van der Waals surface area contributed by atoms with Gasteiger partial charge in [-0.3, -0.25) is 9.59 Å². The van der Waals surface area contributed by atoms with Crippen LogP contribution in [0.4, 0.5) is 0 Å². The van der Waals surface area contributed by atoms with E-state index in [9.17, 15) is 9.59 Å². The minimum atomic E-state index is -0.304. The summed E-state index contributed by atoms with van der Waals surface area (Å²) >= 11 is 0. The van der Waals surface area contributed by atoms with E-state index in [2.05, 4.69) is 11.7 Å². The van der Waals surface area contributed by atoms with Crippen molar-refractivity contribution >= 4 is 12.3 Å². The van der Waals surface area contributed by atoms with Crippen LogP contribution in [0.5, 0.6) is 0 Å². The van der Waals surface area contributed by atoms with Crippen molar-refractivity contribution in [2.45, 2.75) is 32.6 Å². The van der Waals surface area contributed by atoms with Gasteiger partial charge in [-0.2, -0.15) is 0 Å². The first-order valence-corrected chi connectivity index (χ1v) is 3.82. The molecule has 0 amide bonds. The van der Waals surface area contributed by atoms with Crippen LogP contribution in [0.3, 0.4) is 0 Å². The first-order valence-electron chi connectivity index (χ1n) is 3.82. The van der Waals surface area contributed by atoms with Crippen LogP contribution in [-0.2, 0) is 14.3 Å². The van der Waals surface area contributed by atoms with Crippen molar-refractivity contribution in [1.82, 2.24) is 0 Å². The van der Waals surface area contributed by atoms with Gasteiger partial charge in [-0.15, -0.1) is 0 Å². The Labute approximate surface area is 66.7 Å². The van der Waals surface area contributed by atoms with Gasteiger partial charge in [0.2, 0.25) is 6.29 Å². The van der Waals surface area contributed by atoms with Gasteiger partial charge < -0.3 is 4.74 Å². The maximum Gasteiger partial charge on any atom is 0.306 e. The van der Waals surface area contributed by atoms with Crippen molar-refractivity contribution in [3.8, 4) is 0 Å². The summed E-state index contributed by atoms with van der Waals surface area (Å²) in [7, 11) is 0. The summed E-state index contributed by atoms with van der Waals surface area (Å²) in [5.41, 5.74) is 0. The van der Waals surface area contributed by atoms with Crippen molar-refractivity contribution < 1.29 is 14.3 Å². The molecule has 0 unspecified atom stereocenters. The molecule has 0 aliphatic carbocycles. The Hall–Kier alpha value is -0.860. The largest absolute Gasteiger partial charge is 0.457 e. The normalized spacial score (nSPS) is 9.18. The smallest absolute Gasteiger partial charge is 0.306 e. The lowest BCUT2D eigenvalue weighted by atomic mass is 10.2. The van der Waals surface area contributed by atoms with Gasteiger partial charge in [0.15, 0.2) is 6.61 Å². The standard InChI is InChI=1S/C8H13O3/c1-2-3-4-5-8(10)11-7-6-9/h2-5,7H2,1H3. The van der Waals surface area contributed by atoms with E-state index in [1.807, 2.05) is 0 Å². The molecule has 0 aromatic carbocycles. The highest BCUT2D eigenvalue weighted by molar-refractivity contribution is 5.71. The molecule has 0 saturated carbocycles. The number of ether oxygens (including phenoxy) is 1. The third-order valence-corrected chi connectivity index (χ3v) is 1.28. The highest BCUT2D eigenvalue weighted by Gasteiger charge is 2.00. The highest BCUT2D eigenvalue weighted by atomic mass is 16.5. The average molecular weight is 157 g/mol. The Morgan fingerprint density at radius 3 is 2.73 bits per heavy atom. The van der Waals surface area contributed by atoms with Crippen LogP contribution in [0, 0.1) is 0 Å². The monoisotopic (exact) mass is 157 g/mol. The second-order valence-electron chi connectivity index (χ2n) is 2.26. The summed E-state index contributed by atoms with van der Waals surface area (Å²) in [6.45, 7) is 1.83. The molecule has 11 heavy (non-hydrogen) atoms. The van der Waals surface area contributed by atoms with Crippen LogP contribution in [-0.4, -0.2) is 18.9 Å². The van der Waals surface area contributed by atoms with Crippen molar-refractivity contribution in [2.75, 3.05) is 6.61 Å². The number of rotatable bonds is 6. The Morgan fingerprint density at radius 1 is 1.45 bits per heavy atom. The summed E-state index contributed by atoms with van der Waals surface area (Å²) in [6, 6.07) is 0. The summed E-state index contributed by atoms with van der Waals surface area (Å²) in [4.78, 5) is 20.3. The molecule has 63 valence electrons. The second kappa shape index (κ2) is 7.25. The van der Waals surface area contributed by atoms with Gasteiger partial charge in [0, 0.05) is 6.42 Å². The SMILES string of the molecule is CCCCCC(=O)OC[C]=O. The topological polar surface area (TPSA) is 43.4 Å².